The van der Waals surface area contributed by atoms with E-state index in [1.807, 2.05) is 56.4 Å². The van der Waals surface area contributed by atoms with Crippen molar-refractivity contribution in [1.29, 1.82) is 0 Å². The minimum Gasteiger partial charge on any atom is -0.494 e. The van der Waals surface area contributed by atoms with Gasteiger partial charge in [0.25, 0.3) is 0 Å². The van der Waals surface area contributed by atoms with E-state index in [2.05, 4.69) is 10.2 Å². The largest absolute Gasteiger partial charge is 0.494 e. The molecule has 2 aromatic heterocycles. The van der Waals surface area contributed by atoms with Crippen LogP contribution in [0, 0.1) is 11.8 Å². The predicted molar refractivity (Wildman–Crippen MR) is 82.0 cm³/mol. The van der Waals surface area contributed by atoms with Crippen LogP contribution in [0.1, 0.15) is 12.5 Å². The standard InChI is InChI=1S/C16H15N3O2/c1-3-21-13-7-5-12(6-8-13)15-16(18-20)19-10-11(2)4-9-14(19)17-15/h4-10H,3H2,1-2H3. The molecule has 21 heavy (non-hydrogen) atoms. The molecule has 0 radical (unpaired) electrons. The molecule has 0 saturated carbocycles. The van der Waals surface area contributed by atoms with Gasteiger partial charge < -0.3 is 4.74 Å². The van der Waals surface area contributed by atoms with Gasteiger partial charge in [0.15, 0.2) is 0 Å². The Morgan fingerprint density at radius 3 is 2.62 bits per heavy atom. The summed E-state index contributed by atoms with van der Waals surface area (Å²) in [6.45, 7) is 4.52. The Morgan fingerprint density at radius 1 is 1.19 bits per heavy atom. The van der Waals surface area contributed by atoms with Crippen molar-refractivity contribution in [2.75, 3.05) is 6.61 Å². The highest BCUT2D eigenvalue weighted by molar-refractivity contribution is 5.74. The summed E-state index contributed by atoms with van der Waals surface area (Å²) < 4.78 is 7.13. The number of hydrogen-bond donors (Lipinski definition) is 0. The zero-order valence-electron chi connectivity index (χ0n) is 11.9. The Morgan fingerprint density at radius 2 is 1.95 bits per heavy atom. The topological polar surface area (TPSA) is 56.0 Å². The van der Waals surface area contributed by atoms with Gasteiger partial charge in [-0.25, -0.2) is 4.98 Å². The van der Waals surface area contributed by atoms with E-state index < -0.39 is 0 Å². The van der Waals surface area contributed by atoms with Crippen molar-refractivity contribution in [3.8, 4) is 17.0 Å². The van der Waals surface area contributed by atoms with Gasteiger partial charge in [-0.3, -0.25) is 4.40 Å². The maximum Gasteiger partial charge on any atom is 0.209 e. The number of aromatic nitrogens is 2. The van der Waals surface area contributed by atoms with E-state index in [9.17, 15) is 4.91 Å². The quantitative estimate of drug-likeness (QED) is 0.676. The lowest BCUT2D eigenvalue weighted by Gasteiger charge is -2.03. The fourth-order valence-electron chi connectivity index (χ4n) is 2.30. The highest BCUT2D eigenvalue weighted by Crippen LogP contribution is 2.32. The van der Waals surface area contributed by atoms with E-state index in [4.69, 9.17) is 4.74 Å². The number of hydrogen-bond acceptors (Lipinski definition) is 4. The van der Waals surface area contributed by atoms with Gasteiger partial charge in [-0.05, 0) is 54.9 Å². The SMILES string of the molecule is CCOc1ccc(-c2nc3ccc(C)cn3c2N=O)cc1. The van der Waals surface area contributed by atoms with Gasteiger partial charge in [-0.1, -0.05) is 6.07 Å². The van der Waals surface area contributed by atoms with Crippen molar-refractivity contribution in [2.24, 2.45) is 5.18 Å². The average molecular weight is 281 g/mol. The lowest BCUT2D eigenvalue weighted by molar-refractivity contribution is 0.340. The van der Waals surface area contributed by atoms with Crippen molar-refractivity contribution in [3.05, 3.63) is 53.1 Å². The Balaban J connectivity index is 2.13. The number of pyridine rings is 1. The second-order valence-corrected chi connectivity index (χ2v) is 4.77. The van der Waals surface area contributed by atoms with E-state index in [1.54, 1.807) is 4.40 Å². The van der Waals surface area contributed by atoms with Crippen LogP contribution in [0.5, 0.6) is 5.75 Å². The first-order chi connectivity index (χ1) is 10.2. The van der Waals surface area contributed by atoms with Gasteiger partial charge in [0.1, 0.15) is 17.1 Å². The maximum atomic E-state index is 11.2. The van der Waals surface area contributed by atoms with Crippen LogP contribution < -0.4 is 4.74 Å². The summed E-state index contributed by atoms with van der Waals surface area (Å²) in [7, 11) is 0. The summed E-state index contributed by atoms with van der Waals surface area (Å²) in [5.41, 5.74) is 3.18. The van der Waals surface area contributed by atoms with Crippen molar-refractivity contribution >= 4 is 11.5 Å². The van der Waals surface area contributed by atoms with Gasteiger partial charge in [0.05, 0.1) is 6.61 Å². The minimum atomic E-state index is 0.317. The zero-order chi connectivity index (χ0) is 14.8. The van der Waals surface area contributed by atoms with Gasteiger partial charge in [-0.15, -0.1) is 4.91 Å². The van der Waals surface area contributed by atoms with Gasteiger partial charge in [-0.2, -0.15) is 0 Å². The molecule has 0 aliphatic heterocycles. The van der Waals surface area contributed by atoms with Gasteiger partial charge in [0.2, 0.25) is 5.82 Å². The molecule has 0 atom stereocenters. The first-order valence-electron chi connectivity index (χ1n) is 6.78. The lowest BCUT2D eigenvalue weighted by atomic mass is 10.1. The molecule has 5 nitrogen and oxygen atoms in total. The molecule has 0 aliphatic rings. The molecule has 3 rings (SSSR count). The van der Waals surface area contributed by atoms with Crippen LogP contribution in [-0.4, -0.2) is 16.0 Å². The number of aryl methyl sites for hydroxylation is 1. The molecule has 0 amide bonds. The van der Waals surface area contributed by atoms with Crippen LogP contribution in [0.2, 0.25) is 0 Å². The Bertz CT molecular complexity index is 791. The Labute approximate surface area is 122 Å². The van der Waals surface area contributed by atoms with E-state index in [0.717, 1.165) is 16.9 Å². The van der Waals surface area contributed by atoms with Crippen molar-refractivity contribution in [2.45, 2.75) is 13.8 Å². The summed E-state index contributed by atoms with van der Waals surface area (Å²) in [5, 5.41) is 3.15. The molecular weight excluding hydrogens is 266 g/mol. The lowest BCUT2D eigenvalue weighted by Crippen LogP contribution is -1.90. The third kappa shape index (κ3) is 2.38. The number of imidazole rings is 1. The highest BCUT2D eigenvalue weighted by atomic mass is 16.5. The van der Waals surface area contributed by atoms with Crippen molar-refractivity contribution in [1.82, 2.24) is 9.38 Å². The molecule has 0 fully saturated rings. The van der Waals surface area contributed by atoms with E-state index >= 15 is 0 Å². The Kier molecular flexibility index (Phi) is 3.39. The number of nitroso groups, excluding NO2 is 1. The first-order valence-corrected chi connectivity index (χ1v) is 6.78. The van der Waals surface area contributed by atoms with Crippen molar-refractivity contribution < 1.29 is 4.74 Å². The molecule has 5 heteroatoms. The highest BCUT2D eigenvalue weighted by Gasteiger charge is 2.14. The molecule has 0 bridgehead atoms. The minimum absolute atomic E-state index is 0.317. The molecule has 106 valence electrons. The summed E-state index contributed by atoms with van der Waals surface area (Å²) in [5.74, 6) is 1.11. The van der Waals surface area contributed by atoms with Crippen LogP contribution in [0.15, 0.2) is 47.8 Å². The van der Waals surface area contributed by atoms with Crippen molar-refractivity contribution in [3.63, 3.8) is 0 Å². The fourth-order valence-corrected chi connectivity index (χ4v) is 2.30. The third-order valence-corrected chi connectivity index (χ3v) is 3.27. The smallest absolute Gasteiger partial charge is 0.209 e. The van der Waals surface area contributed by atoms with E-state index in [0.29, 0.717) is 23.8 Å². The number of rotatable bonds is 4. The maximum absolute atomic E-state index is 11.2. The summed E-state index contributed by atoms with van der Waals surface area (Å²) in [6.07, 6.45) is 1.86. The number of benzene rings is 1. The molecule has 0 saturated heterocycles. The van der Waals surface area contributed by atoms with Gasteiger partial charge >= 0.3 is 0 Å². The molecular formula is C16H15N3O2. The first kappa shape index (κ1) is 13.3. The van der Waals surface area contributed by atoms with Crippen LogP contribution in [0.3, 0.4) is 0 Å². The average Bonchev–Trinajstić information content (AvgIpc) is 2.86. The Hall–Kier alpha value is -2.69. The van der Waals surface area contributed by atoms with E-state index in [1.165, 1.54) is 0 Å². The fraction of sp³-hybridized carbons (Fsp3) is 0.188. The van der Waals surface area contributed by atoms with Crippen LogP contribution in [-0.2, 0) is 0 Å². The van der Waals surface area contributed by atoms with Crippen LogP contribution in [0.4, 0.5) is 5.82 Å². The second kappa shape index (κ2) is 5.36. The third-order valence-electron chi connectivity index (χ3n) is 3.27. The molecule has 0 spiro atoms. The van der Waals surface area contributed by atoms with Crippen LogP contribution in [0.25, 0.3) is 16.9 Å². The molecule has 0 unspecified atom stereocenters. The molecule has 1 aromatic carbocycles. The molecule has 3 aromatic rings. The number of nitrogens with zero attached hydrogens (tertiary/aromatic N) is 3. The van der Waals surface area contributed by atoms with E-state index in [-0.39, 0.29) is 0 Å². The summed E-state index contributed by atoms with van der Waals surface area (Å²) in [6, 6.07) is 11.3. The summed E-state index contributed by atoms with van der Waals surface area (Å²) in [4.78, 5) is 15.7. The molecule has 0 aliphatic carbocycles. The van der Waals surface area contributed by atoms with Gasteiger partial charge in [0, 0.05) is 11.8 Å². The normalized spacial score (nSPS) is 10.8. The number of ether oxygens (including phenoxy) is 1. The predicted octanol–water partition coefficient (Wildman–Crippen LogP) is 4.11. The number of fused-ring (bicyclic) bond motifs is 1. The summed E-state index contributed by atoms with van der Waals surface area (Å²) >= 11 is 0. The molecule has 2 heterocycles. The van der Waals surface area contributed by atoms with Crippen LogP contribution >= 0.6 is 0 Å². The second-order valence-electron chi connectivity index (χ2n) is 4.77. The monoisotopic (exact) mass is 281 g/mol. The zero-order valence-corrected chi connectivity index (χ0v) is 11.9. The molecule has 0 N–H and O–H groups in total.